The van der Waals surface area contributed by atoms with E-state index in [0.29, 0.717) is 5.25 Å². The quantitative estimate of drug-likeness (QED) is 0.688. The van der Waals surface area contributed by atoms with Crippen LogP contribution >= 0.6 is 50.7 Å². The second kappa shape index (κ2) is 5.21. The Hall–Kier alpha value is 1.51. The van der Waals surface area contributed by atoms with Gasteiger partial charge in [0.1, 0.15) is 0 Å². The Morgan fingerprint density at radius 2 is 2.10 bits per heavy atom. The van der Waals surface area contributed by atoms with Crippen LogP contribution in [0.5, 0.6) is 0 Å². The fourth-order valence-corrected chi connectivity index (χ4v) is 3.90. The average Bonchev–Trinajstić information content (AvgIpc) is 1.81. The minimum Gasteiger partial charge on any atom is -0.277 e. The molecular weight excluding hydrogens is 230 g/mol. The zero-order chi connectivity index (χ0) is 8.20. The lowest BCUT2D eigenvalue weighted by Gasteiger charge is -2.06. The maximum absolute atomic E-state index is 10.7. The predicted octanol–water partition coefficient (Wildman–Crippen LogP) is 4.06. The van der Waals surface area contributed by atoms with Crippen LogP contribution in [0.4, 0.5) is 0 Å². The van der Waals surface area contributed by atoms with Crippen LogP contribution in [0, 0.1) is 0 Å². The predicted molar refractivity (Wildman–Crippen MR) is 54.7 cm³/mol. The average molecular weight is 239 g/mol. The van der Waals surface area contributed by atoms with Gasteiger partial charge in [-0.05, 0) is 28.7 Å². The number of rotatable bonds is 4. The molecule has 0 heterocycles. The van der Waals surface area contributed by atoms with E-state index in [4.69, 9.17) is 22.5 Å². The highest BCUT2D eigenvalue weighted by Crippen LogP contribution is 2.68. The van der Waals surface area contributed by atoms with E-state index in [2.05, 4.69) is 0 Å². The minimum atomic E-state index is -2.88. The molecule has 10 heavy (non-hydrogen) atoms. The summed E-state index contributed by atoms with van der Waals surface area (Å²) in [6.07, 6.45) is 2.00. The molecule has 1 atom stereocenters. The first-order valence-corrected chi connectivity index (χ1v) is 9.02. The Kier molecular flexibility index (Phi) is 5.99. The first-order valence-electron chi connectivity index (χ1n) is 2.62. The van der Waals surface area contributed by atoms with Gasteiger partial charge in [-0.3, -0.25) is 4.57 Å². The van der Waals surface area contributed by atoms with Crippen molar-refractivity contribution in [2.24, 2.45) is 0 Å². The molecule has 0 aromatic heterocycles. The summed E-state index contributed by atoms with van der Waals surface area (Å²) in [5, 5.41) is -2.43. The summed E-state index contributed by atoms with van der Waals surface area (Å²) in [6, 6.07) is 0. The zero-order valence-corrected chi connectivity index (χ0v) is 9.75. The van der Waals surface area contributed by atoms with Crippen molar-refractivity contribution in [2.45, 2.75) is 12.2 Å². The van der Waals surface area contributed by atoms with E-state index in [-0.39, 0.29) is 0 Å². The molecule has 1 unspecified atom stereocenters. The first-order chi connectivity index (χ1) is 4.45. The largest absolute Gasteiger partial charge is 0.307 e. The molecule has 0 aliphatic rings. The van der Waals surface area contributed by atoms with Gasteiger partial charge in [-0.2, -0.15) is 11.8 Å². The van der Waals surface area contributed by atoms with Crippen LogP contribution in [0.2, 0.25) is 0 Å². The maximum atomic E-state index is 10.7. The Morgan fingerprint density at radius 3 is 2.40 bits per heavy atom. The lowest BCUT2D eigenvalue weighted by Crippen LogP contribution is -1.96. The molecule has 0 bridgehead atoms. The highest BCUT2D eigenvalue weighted by Gasteiger charge is 2.15. The van der Waals surface area contributed by atoms with Crippen molar-refractivity contribution in [3.8, 4) is 0 Å². The van der Waals surface area contributed by atoms with Gasteiger partial charge in [0.2, 0.25) is 0 Å². The van der Waals surface area contributed by atoms with Crippen LogP contribution in [0.3, 0.4) is 0 Å². The van der Waals surface area contributed by atoms with Crippen molar-refractivity contribution in [1.82, 2.24) is 0 Å². The summed E-state index contributed by atoms with van der Waals surface area (Å²) in [6.45, 7) is 2.04. The van der Waals surface area contributed by atoms with Crippen LogP contribution in [0.25, 0.3) is 0 Å². The summed E-state index contributed by atoms with van der Waals surface area (Å²) < 4.78 is 10.7. The molecule has 1 nitrogen and oxygen atoms in total. The normalized spacial score (nSPS) is 15.2. The molecular formula is C4H9Cl2OPS2. The molecule has 6 heteroatoms. The second-order valence-electron chi connectivity index (χ2n) is 1.76. The van der Waals surface area contributed by atoms with Crippen LogP contribution in [-0.4, -0.2) is 17.3 Å². The van der Waals surface area contributed by atoms with E-state index < -0.39 is 5.05 Å². The molecule has 0 aromatic rings. The fraction of sp³-hybridized carbons (Fsp3) is 1.00. The SMILES string of the molecule is CSC(C)CSP(=O)(Cl)Cl. The Labute approximate surface area is 79.3 Å². The Bertz CT molecular complexity index is 137. The summed E-state index contributed by atoms with van der Waals surface area (Å²) in [4.78, 5) is 0. The third-order valence-corrected chi connectivity index (χ3v) is 6.10. The van der Waals surface area contributed by atoms with Crippen molar-refractivity contribution in [1.29, 1.82) is 0 Å². The molecule has 0 saturated carbocycles. The summed E-state index contributed by atoms with van der Waals surface area (Å²) >= 11 is 13.5. The number of thioether (sulfide) groups is 1. The second-order valence-corrected chi connectivity index (χ2v) is 11.3. The van der Waals surface area contributed by atoms with Crippen LogP contribution in [-0.2, 0) is 4.57 Å². The van der Waals surface area contributed by atoms with Crippen molar-refractivity contribution < 1.29 is 4.57 Å². The van der Waals surface area contributed by atoms with E-state index in [1.54, 1.807) is 11.8 Å². The van der Waals surface area contributed by atoms with Crippen molar-refractivity contribution >= 4 is 50.7 Å². The fourth-order valence-electron chi connectivity index (χ4n) is 0.260. The molecule has 0 aromatic carbocycles. The molecule has 0 amide bonds. The Balaban J connectivity index is 3.46. The van der Waals surface area contributed by atoms with Crippen molar-refractivity contribution in [2.75, 3.05) is 12.0 Å². The molecule has 0 N–H and O–H groups in total. The molecule has 0 radical (unpaired) electrons. The lowest BCUT2D eigenvalue weighted by molar-refractivity contribution is 0.600. The van der Waals surface area contributed by atoms with Gasteiger partial charge in [-0.15, -0.1) is 0 Å². The van der Waals surface area contributed by atoms with E-state index in [9.17, 15) is 4.57 Å². The summed E-state index contributed by atoms with van der Waals surface area (Å²) in [7, 11) is 0. The van der Waals surface area contributed by atoms with E-state index >= 15 is 0 Å². The van der Waals surface area contributed by atoms with Crippen LogP contribution in [0.15, 0.2) is 0 Å². The Morgan fingerprint density at radius 1 is 1.60 bits per heavy atom. The molecule has 0 aliphatic heterocycles. The standard InChI is InChI=1S/C4H9Cl2OPS2/c1-4(9-2)3-10-8(5,6)7/h4H,3H2,1-2H3. The van der Waals surface area contributed by atoms with E-state index in [0.717, 1.165) is 17.1 Å². The zero-order valence-electron chi connectivity index (χ0n) is 5.71. The van der Waals surface area contributed by atoms with Gasteiger partial charge >= 0.3 is 5.05 Å². The third kappa shape index (κ3) is 7.62. The molecule has 62 valence electrons. The minimum absolute atomic E-state index is 0.454. The van der Waals surface area contributed by atoms with Crippen LogP contribution < -0.4 is 0 Å². The monoisotopic (exact) mass is 238 g/mol. The lowest BCUT2D eigenvalue weighted by atomic mass is 10.6. The molecule has 0 fully saturated rings. The van der Waals surface area contributed by atoms with Gasteiger partial charge < -0.3 is 0 Å². The summed E-state index contributed by atoms with van der Waals surface area (Å²) in [5.74, 6) is 0.742. The summed E-state index contributed by atoms with van der Waals surface area (Å²) in [5.41, 5.74) is 0. The molecule has 0 spiro atoms. The van der Waals surface area contributed by atoms with E-state index in [1.165, 1.54) is 0 Å². The number of halogens is 2. The highest BCUT2D eigenvalue weighted by molar-refractivity contribution is 8.72. The van der Waals surface area contributed by atoms with Gasteiger partial charge in [-0.25, -0.2) is 0 Å². The topological polar surface area (TPSA) is 17.1 Å². The van der Waals surface area contributed by atoms with E-state index in [1.807, 2.05) is 13.2 Å². The van der Waals surface area contributed by atoms with Gasteiger partial charge in [0.05, 0.1) is 0 Å². The van der Waals surface area contributed by atoms with Crippen molar-refractivity contribution in [3.63, 3.8) is 0 Å². The maximum Gasteiger partial charge on any atom is 0.307 e. The molecule has 0 saturated heterocycles. The smallest absolute Gasteiger partial charge is 0.277 e. The number of hydrogen-bond acceptors (Lipinski definition) is 3. The highest BCUT2D eigenvalue weighted by atomic mass is 35.9. The molecule has 0 aliphatic carbocycles. The third-order valence-electron chi connectivity index (χ3n) is 0.862. The molecule has 0 rings (SSSR count). The van der Waals surface area contributed by atoms with Crippen LogP contribution in [0.1, 0.15) is 6.92 Å². The van der Waals surface area contributed by atoms with Crippen molar-refractivity contribution in [3.05, 3.63) is 0 Å². The van der Waals surface area contributed by atoms with Gasteiger partial charge in [0.25, 0.3) is 0 Å². The first kappa shape index (κ1) is 11.5. The van der Waals surface area contributed by atoms with Gasteiger partial charge in [0, 0.05) is 11.0 Å². The number of hydrogen-bond donors (Lipinski definition) is 0. The van der Waals surface area contributed by atoms with Gasteiger partial charge in [0.15, 0.2) is 0 Å². The van der Waals surface area contributed by atoms with Gasteiger partial charge in [-0.1, -0.05) is 18.3 Å².